The van der Waals surface area contributed by atoms with Crippen molar-refractivity contribution >= 4 is 23.2 Å². The van der Waals surface area contributed by atoms with E-state index in [0.29, 0.717) is 16.1 Å². The van der Waals surface area contributed by atoms with Gasteiger partial charge in [0.2, 0.25) is 0 Å². The monoisotopic (exact) mass is 288 g/mol. The van der Waals surface area contributed by atoms with E-state index in [-0.39, 0.29) is 0 Å². The summed E-state index contributed by atoms with van der Waals surface area (Å²) in [5, 5.41) is 1.24. The highest BCUT2D eigenvalue weighted by molar-refractivity contribution is 6.42. The molecular formula is C14H22Cl2N2. The topological polar surface area (TPSA) is 52.0 Å². The van der Waals surface area contributed by atoms with E-state index < -0.39 is 0 Å². The molecule has 1 aromatic rings. The molecule has 1 atom stereocenters. The van der Waals surface area contributed by atoms with Crippen molar-refractivity contribution in [1.29, 1.82) is 0 Å². The Hall–Kier alpha value is -0.280. The fourth-order valence-corrected chi connectivity index (χ4v) is 2.28. The second kappa shape index (κ2) is 8.76. The van der Waals surface area contributed by atoms with Gasteiger partial charge in [-0.3, -0.25) is 0 Å². The normalized spacial score (nSPS) is 12.7. The number of hydrogen-bond acceptors (Lipinski definition) is 2. The molecule has 0 bridgehead atoms. The van der Waals surface area contributed by atoms with Crippen LogP contribution >= 0.6 is 23.2 Å². The van der Waals surface area contributed by atoms with Crippen LogP contribution in [0.15, 0.2) is 18.2 Å². The van der Waals surface area contributed by atoms with Crippen LogP contribution in [0.5, 0.6) is 0 Å². The summed E-state index contributed by atoms with van der Waals surface area (Å²) >= 11 is 11.8. The van der Waals surface area contributed by atoms with Crippen molar-refractivity contribution in [2.75, 3.05) is 6.54 Å². The third-order valence-corrected chi connectivity index (χ3v) is 3.79. The Kier molecular flexibility index (Phi) is 7.68. The first-order chi connectivity index (χ1) is 8.63. The third kappa shape index (κ3) is 6.05. The molecule has 1 aromatic carbocycles. The van der Waals surface area contributed by atoms with Crippen LogP contribution in [0.4, 0.5) is 0 Å². The predicted molar refractivity (Wildman–Crippen MR) is 80.3 cm³/mol. The summed E-state index contributed by atoms with van der Waals surface area (Å²) in [4.78, 5) is 0. The Morgan fingerprint density at radius 3 is 2.39 bits per heavy atom. The largest absolute Gasteiger partial charge is 0.330 e. The fourth-order valence-electron chi connectivity index (χ4n) is 1.96. The highest BCUT2D eigenvalue weighted by atomic mass is 35.5. The Bertz CT molecular complexity index is 356. The van der Waals surface area contributed by atoms with Crippen LogP contribution in [-0.4, -0.2) is 12.6 Å². The minimum absolute atomic E-state index is 0.291. The van der Waals surface area contributed by atoms with Crippen molar-refractivity contribution in [2.45, 2.75) is 44.6 Å². The number of halogens is 2. The van der Waals surface area contributed by atoms with Crippen molar-refractivity contribution in [3.63, 3.8) is 0 Å². The second-order valence-electron chi connectivity index (χ2n) is 4.69. The Morgan fingerprint density at radius 2 is 1.72 bits per heavy atom. The lowest BCUT2D eigenvalue weighted by atomic mass is 10.0. The molecule has 18 heavy (non-hydrogen) atoms. The number of hydrogen-bond donors (Lipinski definition) is 2. The average molecular weight is 289 g/mol. The van der Waals surface area contributed by atoms with Gasteiger partial charge >= 0.3 is 0 Å². The number of nitrogens with two attached hydrogens (primary N) is 2. The fraction of sp³-hybridized carbons (Fsp3) is 0.571. The molecular weight excluding hydrogens is 267 g/mol. The van der Waals surface area contributed by atoms with Gasteiger partial charge in [-0.2, -0.15) is 0 Å². The van der Waals surface area contributed by atoms with Crippen molar-refractivity contribution in [1.82, 2.24) is 0 Å². The molecule has 2 nitrogen and oxygen atoms in total. The van der Waals surface area contributed by atoms with Gasteiger partial charge in [0.15, 0.2) is 0 Å². The molecule has 102 valence electrons. The lowest BCUT2D eigenvalue weighted by molar-refractivity contribution is 0.518. The van der Waals surface area contributed by atoms with Crippen LogP contribution in [0, 0.1) is 0 Å². The maximum atomic E-state index is 6.04. The van der Waals surface area contributed by atoms with Gasteiger partial charge in [-0.25, -0.2) is 0 Å². The summed E-state index contributed by atoms with van der Waals surface area (Å²) in [6.07, 6.45) is 6.40. The van der Waals surface area contributed by atoms with Crippen LogP contribution in [0.2, 0.25) is 10.0 Å². The van der Waals surface area contributed by atoms with Crippen LogP contribution in [-0.2, 0) is 6.42 Å². The van der Waals surface area contributed by atoms with Crippen LogP contribution in [0.25, 0.3) is 0 Å². The molecule has 0 fully saturated rings. The standard InChI is InChI=1S/C14H22Cl2N2/c15-13-8-7-11(10-14(13)16)4-3-6-12(18)5-1-2-9-17/h7-8,10,12H,1-6,9,17-18H2. The van der Waals surface area contributed by atoms with Gasteiger partial charge in [-0.15, -0.1) is 0 Å². The second-order valence-corrected chi connectivity index (χ2v) is 5.50. The van der Waals surface area contributed by atoms with Gasteiger partial charge in [0, 0.05) is 6.04 Å². The summed E-state index contributed by atoms with van der Waals surface area (Å²) in [7, 11) is 0. The number of aryl methyl sites for hydroxylation is 1. The van der Waals surface area contributed by atoms with Crippen molar-refractivity contribution in [3.8, 4) is 0 Å². The molecule has 0 aliphatic heterocycles. The molecule has 0 saturated carbocycles. The quantitative estimate of drug-likeness (QED) is 0.716. The molecule has 4 N–H and O–H groups in total. The van der Waals surface area contributed by atoms with E-state index in [1.807, 2.05) is 18.2 Å². The maximum absolute atomic E-state index is 6.04. The van der Waals surface area contributed by atoms with E-state index >= 15 is 0 Å². The smallest absolute Gasteiger partial charge is 0.0595 e. The molecule has 1 unspecified atom stereocenters. The zero-order valence-corrected chi connectivity index (χ0v) is 12.2. The van der Waals surface area contributed by atoms with Gasteiger partial charge in [0.25, 0.3) is 0 Å². The maximum Gasteiger partial charge on any atom is 0.0595 e. The molecule has 0 aromatic heterocycles. The van der Waals surface area contributed by atoms with Crippen LogP contribution < -0.4 is 11.5 Å². The van der Waals surface area contributed by atoms with Gasteiger partial charge in [-0.1, -0.05) is 35.7 Å². The van der Waals surface area contributed by atoms with E-state index in [0.717, 1.165) is 45.1 Å². The summed E-state index contributed by atoms with van der Waals surface area (Å²) in [6.45, 7) is 0.760. The molecule has 0 heterocycles. The van der Waals surface area contributed by atoms with E-state index in [9.17, 15) is 0 Å². The van der Waals surface area contributed by atoms with Crippen molar-refractivity contribution in [2.24, 2.45) is 11.5 Å². The van der Waals surface area contributed by atoms with Gasteiger partial charge in [0.05, 0.1) is 10.0 Å². The molecule has 0 aliphatic carbocycles. The average Bonchev–Trinajstić information content (AvgIpc) is 2.34. The van der Waals surface area contributed by atoms with E-state index in [1.165, 1.54) is 5.56 Å². The number of unbranched alkanes of at least 4 members (excludes halogenated alkanes) is 1. The predicted octanol–water partition coefficient (Wildman–Crippen LogP) is 3.77. The molecule has 0 saturated heterocycles. The highest BCUT2D eigenvalue weighted by Crippen LogP contribution is 2.23. The van der Waals surface area contributed by atoms with Gasteiger partial charge < -0.3 is 11.5 Å². The molecule has 0 radical (unpaired) electrons. The Morgan fingerprint density at radius 1 is 1.00 bits per heavy atom. The van der Waals surface area contributed by atoms with E-state index in [1.54, 1.807) is 0 Å². The van der Waals surface area contributed by atoms with Gasteiger partial charge in [-0.05, 0) is 56.3 Å². The van der Waals surface area contributed by atoms with Crippen LogP contribution in [0.3, 0.4) is 0 Å². The third-order valence-electron chi connectivity index (χ3n) is 3.05. The SMILES string of the molecule is NCCCCC(N)CCCc1ccc(Cl)c(Cl)c1. The minimum Gasteiger partial charge on any atom is -0.330 e. The van der Waals surface area contributed by atoms with E-state index in [4.69, 9.17) is 34.7 Å². The summed E-state index contributed by atoms with van der Waals surface area (Å²) in [5.74, 6) is 0. The molecule has 1 rings (SSSR count). The van der Waals surface area contributed by atoms with Crippen molar-refractivity contribution < 1.29 is 0 Å². The molecule has 0 spiro atoms. The van der Waals surface area contributed by atoms with E-state index in [2.05, 4.69) is 0 Å². The zero-order chi connectivity index (χ0) is 13.4. The lowest BCUT2D eigenvalue weighted by Crippen LogP contribution is -2.20. The first-order valence-electron chi connectivity index (χ1n) is 6.53. The minimum atomic E-state index is 0.291. The first kappa shape index (κ1) is 15.8. The summed E-state index contributed by atoms with van der Waals surface area (Å²) < 4.78 is 0. The summed E-state index contributed by atoms with van der Waals surface area (Å²) in [6, 6.07) is 6.09. The Balaban J connectivity index is 2.22. The van der Waals surface area contributed by atoms with Gasteiger partial charge in [0.1, 0.15) is 0 Å². The number of benzene rings is 1. The summed E-state index contributed by atoms with van der Waals surface area (Å²) in [5.41, 5.74) is 12.7. The van der Waals surface area contributed by atoms with Crippen molar-refractivity contribution in [3.05, 3.63) is 33.8 Å². The molecule has 0 aliphatic rings. The highest BCUT2D eigenvalue weighted by Gasteiger charge is 2.04. The molecule has 4 heteroatoms. The van der Waals surface area contributed by atoms with Crippen LogP contribution in [0.1, 0.15) is 37.7 Å². The zero-order valence-electron chi connectivity index (χ0n) is 10.7. The Labute approximate surface area is 120 Å². The number of rotatable bonds is 8. The lowest BCUT2D eigenvalue weighted by Gasteiger charge is -2.11. The first-order valence-corrected chi connectivity index (χ1v) is 7.28. The molecule has 0 amide bonds.